The van der Waals surface area contributed by atoms with Gasteiger partial charge < -0.3 is 24.6 Å². The van der Waals surface area contributed by atoms with Crippen LogP contribution in [0.5, 0.6) is 11.6 Å². The van der Waals surface area contributed by atoms with E-state index >= 15 is 0 Å². The quantitative estimate of drug-likeness (QED) is 0.693. The number of esters is 1. The molecule has 1 saturated heterocycles. The molecular weight excluding hydrogens is 417 g/mol. The first-order valence-corrected chi connectivity index (χ1v) is 9.72. The number of hydrogen-bond acceptors (Lipinski definition) is 7. The van der Waals surface area contributed by atoms with Crippen molar-refractivity contribution < 1.29 is 23.5 Å². The van der Waals surface area contributed by atoms with E-state index in [9.17, 15) is 14.0 Å². The number of urea groups is 1. The van der Waals surface area contributed by atoms with Crippen molar-refractivity contribution in [2.24, 2.45) is 0 Å². The lowest BCUT2D eigenvalue weighted by Crippen LogP contribution is -2.52. The normalized spacial score (nSPS) is 13.7. The van der Waals surface area contributed by atoms with Crippen LogP contribution >= 0.6 is 11.6 Å². The fraction of sp³-hybridized carbons (Fsp3) is 0.368. The minimum atomic E-state index is -0.531. The molecule has 11 heteroatoms. The molecule has 0 saturated carbocycles. The third kappa shape index (κ3) is 5.69. The second-order valence-corrected chi connectivity index (χ2v) is 6.74. The molecule has 0 bridgehead atoms. The highest BCUT2D eigenvalue weighted by Gasteiger charge is 2.22. The van der Waals surface area contributed by atoms with Gasteiger partial charge in [-0.25, -0.2) is 19.2 Å². The smallest absolute Gasteiger partial charge is 0.325 e. The van der Waals surface area contributed by atoms with Crippen molar-refractivity contribution in [3.8, 4) is 11.6 Å². The van der Waals surface area contributed by atoms with Crippen molar-refractivity contribution >= 4 is 29.4 Å². The average molecular weight is 438 g/mol. The molecule has 30 heavy (non-hydrogen) atoms. The molecule has 0 spiro atoms. The molecule has 2 amide bonds. The Morgan fingerprint density at radius 2 is 1.97 bits per heavy atom. The maximum atomic E-state index is 13.3. The number of anilines is 1. The highest BCUT2D eigenvalue weighted by molar-refractivity contribution is 6.30. The van der Waals surface area contributed by atoms with Gasteiger partial charge in [-0.15, -0.1) is 0 Å². The van der Waals surface area contributed by atoms with Gasteiger partial charge in [-0.3, -0.25) is 4.79 Å². The van der Waals surface area contributed by atoms with Crippen LogP contribution in [0.1, 0.15) is 6.92 Å². The van der Waals surface area contributed by atoms with Crippen molar-refractivity contribution in [2.75, 3.05) is 44.2 Å². The van der Waals surface area contributed by atoms with E-state index < -0.39 is 11.8 Å². The maximum Gasteiger partial charge on any atom is 0.325 e. The number of aromatic nitrogens is 2. The Bertz CT molecular complexity index is 908. The number of carbonyl (C=O) groups is 2. The number of amides is 2. The van der Waals surface area contributed by atoms with Crippen molar-refractivity contribution in [2.45, 2.75) is 6.92 Å². The number of nitrogens with one attached hydrogen (secondary N) is 1. The van der Waals surface area contributed by atoms with Crippen LogP contribution < -0.4 is 15.0 Å². The summed E-state index contributed by atoms with van der Waals surface area (Å²) < 4.78 is 23.7. The van der Waals surface area contributed by atoms with E-state index in [0.717, 1.165) is 0 Å². The predicted molar refractivity (Wildman–Crippen MR) is 107 cm³/mol. The summed E-state index contributed by atoms with van der Waals surface area (Å²) in [5.74, 6) is 0.281. The predicted octanol–water partition coefficient (Wildman–Crippen LogP) is 2.46. The van der Waals surface area contributed by atoms with Gasteiger partial charge in [-0.1, -0.05) is 11.6 Å². The highest BCUT2D eigenvalue weighted by Crippen LogP contribution is 2.26. The van der Waals surface area contributed by atoms with Crippen LogP contribution in [0.4, 0.5) is 15.0 Å². The Labute approximate surface area is 177 Å². The van der Waals surface area contributed by atoms with Gasteiger partial charge in [0, 0.05) is 38.3 Å². The lowest BCUT2D eigenvalue weighted by atomic mass is 10.3. The first-order valence-electron chi connectivity index (χ1n) is 9.34. The number of halogens is 2. The lowest BCUT2D eigenvalue weighted by molar-refractivity contribution is -0.141. The van der Waals surface area contributed by atoms with Crippen molar-refractivity contribution in [3.63, 3.8) is 0 Å². The number of nitrogens with zero attached hydrogens (tertiary/aromatic N) is 4. The molecule has 2 aromatic rings. The summed E-state index contributed by atoms with van der Waals surface area (Å²) in [7, 11) is 0. The molecule has 3 rings (SSSR count). The SMILES string of the molecule is CCOC(=O)CNC(=O)N1CCN(c2cc(Oc3ccc(F)c(Cl)c3)ncn2)CC1. The van der Waals surface area contributed by atoms with Crippen LogP contribution in [0.25, 0.3) is 0 Å². The van der Waals surface area contributed by atoms with E-state index in [1.807, 2.05) is 4.90 Å². The molecule has 1 aromatic heterocycles. The minimum Gasteiger partial charge on any atom is -0.465 e. The van der Waals surface area contributed by atoms with E-state index in [1.165, 1.54) is 24.5 Å². The van der Waals surface area contributed by atoms with Gasteiger partial charge in [0.05, 0.1) is 11.6 Å². The zero-order valence-electron chi connectivity index (χ0n) is 16.3. The molecule has 1 aliphatic heterocycles. The number of benzene rings is 1. The molecule has 1 aromatic carbocycles. The molecule has 2 heterocycles. The van der Waals surface area contributed by atoms with Gasteiger partial charge >= 0.3 is 12.0 Å². The van der Waals surface area contributed by atoms with E-state index in [1.54, 1.807) is 17.9 Å². The molecule has 1 N–H and O–H groups in total. The summed E-state index contributed by atoms with van der Waals surface area (Å²) in [6, 6.07) is 5.38. The first kappa shape index (κ1) is 21.6. The molecular formula is C19H21ClFN5O4. The zero-order chi connectivity index (χ0) is 21.5. The molecule has 1 fully saturated rings. The Morgan fingerprint density at radius 1 is 1.20 bits per heavy atom. The summed E-state index contributed by atoms with van der Waals surface area (Å²) >= 11 is 5.77. The standard InChI is InChI=1S/C19H21ClFN5O4/c1-2-29-18(27)11-22-19(28)26-7-5-25(6-8-26)16-10-17(24-12-23-16)30-13-3-4-15(21)14(20)9-13/h3-4,9-10,12H,2,5-8,11H2,1H3,(H,22,28). The Balaban J connectivity index is 1.54. The maximum absolute atomic E-state index is 13.3. The number of ether oxygens (including phenoxy) is 2. The van der Waals surface area contributed by atoms with Crippen LogP contribution in [0.15, 0.2) is 30.6 Å². The summed E-state index contributed by atoms with van der Waals surface area (Å²) in [5.41, 5.74) is 0. The monoisotopic (exact) mass is 437 g/mol. The van der Waals surface area contributed by atoms with Crippen LogP contribution in [-0.4, -0.2) is 66.2 Å². The van der Waals surface area contributed by atoms with E-state index in [4.69, 9.17) is 21.1 Å². The van der Waals surface area contributed by atoms with E-state index in [2.05, 4.69) is 15.3 Å². The number of carbonyl (C=O) groups excluding carboxylic acids is 2. The van der Waals surface area contributed by atoms with Gasteiger partial charge in [-0.2, -0.15) is 0 Å². The summed E-state index contributed by atoms with van der Waals surface area (Å²) in [6.45, 7) is 3.83. The molecule has 0 radical (unpaired) electrons. The van der Waals surface area contributed by atoms with Gasteiger partial charge in [0.25, 0.3) is 0 Å². The molecule has 160 valence electrons. The van der Waals surface area contributed by atoms with Crippen molar-refractivity contribution in [1.29, 1.82) is 0 Å². The molecule has 0 aliphatic carbocycles. The summed E-state index contributed by atoms with van der Waals surface area (Å²) in [5, 5.41) is 2.50. The summed E-state index contributed by atoms with van der Waals surface area (Å²) in [4.78, 5) is 35.4. The highest BCUT2D eigenvalue weighted by atomic mass is 35.5. The number of piperazine rings is 1. The summed E-state index contributed by atoms with van der Waals surface area (Å²) in [6.07, 6.45) is 1.37. The first-order chi connectivity index (χ1) is 14.5. The van der Waals surface area contributed by atoms with Crippen molar-refractivity contribution in [1.82, 2.24) is 20.2 Å². The fourth-order valence-corrected chi connectivity index (χ4v) is 3.00. The number of hydrogen-bond donors (Lipinski definition) is 1. The Morgan fingerprint density at radius 3 is 2.67 bits per heavy atom. The average Bonchev–Trinajstić information content (AvgIpc) is 2.75. The van der Waals surface area contributed by atoms with E-state index in [0.29, 0.717) is 37.7 Å². The minimum absolute atomic E-state index is 0.0425. The van der Waals surface area contributed by atoms with Gasteiger partial charge in [0.1, 0.15) is 30.3 Å². The van der Waals surface area contributed by atoms with Gasteiger partial charge in [0.15, 0.2) is 0 Å². The molecule has 0 atom stereocenters. The fourth-order valence-electron chi connectivity index (χ4n) is 2.83. The van der Waals surface area contributed by atoms with Crippen LogP contribution in [0.2, 0.25) is 5.02 Å². The third-order valence-electron chi connectivity index (χ3n) is 4.32. The second-order valence-electron chi connectivity index (χ2n) is 6.33. The molecule has 9 nitrogen and oxygen atoms in total. The zero-order valence-corrected chi connectivity index (χ0v) is 17.1. The molecule has 0 unspecified atom stereocenters. The largest absolute Gasteiger partial charge is 0.465 e. The van der Waals surface area contributed by atoms with Gasteiger partial charge in [-0.05, 0) is 19.1 Å². The van der Waals surface area contributed by atoms with Crippen LogP contribution in [0.3, 0.4) is 0 Å². The van der Waals surface area contributed by atoms with Gasteiger partial charge in [0.2, 0.25) is 5.88 Å². The Hall–Kier alpha value is -3.14. The number of rotatable bonds is 6. The third-order valence-corrected chi connectivity index (χ3v) is 4.61. The molecule has 1 aliphatic rings. The lowest BCUT2D eigenvalue weighted by Gasteiger charge is -2.35. The van der Waals surface area contributed by atoms with Crippen LogP contribution in [0, 0.1) is 5.82 Å². The topological polar surface area (TPSA) is 96.9 Å². The Kier molecular flexibility index (Phi) is 7.23. The second kappa shape index (κ2) is 10.1. The van der Waals surface area contributed by atoms with Crippen LogP contribution in [-0.2, 0) is 9.53 Å². The van der Waals surface area contributed by atoms with Crippen molar-refractivity contribution in [3.05, 3.63) is 41.4 Å². The van der Waals surface area contributed by atoms with E-state index in [-0.39, 0.29) is 30.1 Å².